The molecule has 0 aromatic heterocycles. The smallest absolute Gasteiger partial charge is 0.251 e. The summed E-state index contributed by atoms with van der Waals surface area (Å²) in [5.74, 6) is 0.239. The first kappa shape index (κ1) is 20.4. The molecule has 122 valence electrons. The zero-order valence-corrected chi connectivity index (χ0v) is 13.5. The molecule has 0 atom stereocenters. The maximum Gasteiger partial charge on any atom is 0.251 e. The lowest BCUT2D eigenvalue weighted by Crippen LogP contribution is -2.28. The van der Waals surface area contributed by atoms with E-state index in [1.165, 1.54) is 0 Å². The predicted molar refractivity (Wildman–Crippen MR) is 87.9 cm³/mol. The molecule has 0 aliphatic carbocycles. The van der Waals surface area contributed by atoms with Crippen molar-refractivity contribution in [2.24, 2.45) is 5.73 Å². The molecule has 22 heavy (non-hydrogen) atoms. The highest BCUT2D eigenvalue weighted by atomic mass is 35.5. The third kappa shape index (κ3) is 7.96. The van der Waals surface area contributed by atoms with Crippen molar-refractivity contribution in [3.8, 4) is 0 Å². The molecule has 3 N–H and O–H groups in total. The molecule has 0 fully saturated rings. The summed E-state index contributed by atoms with van der Waals surface area (Å²) in [7, 11) is 0. The van der Waals surface area contributed by atoms with Crippen molar-refractivity contribution in [3.63, 3.8) is 0 Å². The molecule has 1 rings (SSSR count). The minimum Gasteiger partial charge on any atom is -0.351 e. The lowest BCUT2D eigenvalue weighted by atomic mass is 10.1. The zero-order chi connectivity index (χ0) is 15.7. The number of hydrogen-bond acceptors (Lipinski definition) is 6. The van der Waals surface area contributed by atoms with Gasteiger partial charge in [-0.15, -0.1) is 12.4 Å². The van der Waals surface area contributed by atoms with Crippen LogP contribution in [-0.2, 0) is 10.5 Å². The van der Waals surface area contributed by atoms with Crippen LogP contribution in [0.3, 0.4) is 0 Å². The molecule has 0 aliphatic rings. The average Bonchev–Trinajstić information content (AvgIpc) is 2.49. The number of benzene rings is 1. The van der Waals surface area contributed by atoms with E-state index in [1.807, 2.05) is 0 Å². The molecular weight excluding hydrogens is 330 g/mol. The van der Waals surface area contributed by atoms with E-state index >= 15 is 0 Å². The average molecular weight is 348 g/mol. The number of carbonyl (C=O) groups excluding carboxylic acids is 2. The fourth-order valence-corrected chi connectivity index (χ4v) is 2.21. The van der Waals surface area contributed by atoms with E-state index in [9.17, 15) is 19.7 Å². The number of rotatable bonds is 8. The maximum absolute atomic E-state index is 11.6. The first-order valence-corrected chi connectivity index (χ1v) is 7.36. The molecule has 0 radical (unpaired) electrons. The number of hydrogen-bond donors (Lipinski definition) is 2. The summed E-state index contributed by atoms with van der Waals surface area (Å²) in [5.41, 5.74) is 6.70. The Morgan fingerprint density at radius 1 is 1.27 bits per heavy atom. The number of nitrogens with zero attached hydrogens (tertiary/aromatic N) is 1. The van der Waals surface area contributed by atoms with Gasteiger partial charge in [-0.3, -0.25) is 19.7 Å². The number of nitro groups is 1. The second kappa shape index (κ2) is 11.0. The lowest BCUT2D eigenvalue weighted by molar-refractivity contribution is -0.478. The number of amides is 1. The van der Waals surface area contributed by atoms with Crippen LogP contribution >= 0.6 is 24.2 Å². The second-order valence-electron chi connectivity index (χ2n) is 4.21. The molecule has 0 saturated carbocycles. The summed E-state index contributed by atoms with van der Waals surface area (Å²) >= 11 is 1.04. The van der Waals surface area contributed by atoms with Crippen LogP contribution < -0.4 is 11.1 Å². The van der Waals surface area contributed by atoms with E-state index in [-0.39, 0.29) is 36.4 Å². The van der Waals surface area contributed by atoms with Gasteiger partial charge in [0, 0.05) is 29.3 Å². The SMILES string of the molecule is Cl.NCCNC(=O)c1ccc(CSC(=O)CC[N+](=O)[O-])cc1. The summed E-state index contributed by atoms with van der Waals surface area (Å²) < 4.78 is 0. The van der Waals surface area contributed by atoms with Crippen molar-refractivity contribution in [1.82, 2.24) is 5.32 Å². The van der Waals surface area contributed by atoms with Gasteiger partial charge in [-0.1, -0.05) is 23.9 Å². The third-order valence-corrected chi connectivity index (χ3v) is 3.55. The Balaban J connectivity index is 0.00000441. The summed E-state index contributed by atoms with van der Waals surface area (Å²) in [5, 5.41) is 12.6. The molecular formula is C13H18ClN3O4S. The molecule has 1 aromatic rings. The van der Waals surface area contributed by atoms with E-state index in [0.29, 0.717) is 24.4 Å². The molecule has 0 aliphatic heterocycles. The van der Waals surface area contributed by atoms with Crippen molar-refractivity contribution in [3.05, 3.63) is 45.5 Å². The first-order chi connectivity index (χ1) is 10.0. The van der Waals surface area contributed by atoms with Gasteiger partial charge in [0.25, 0.3) is 5.91 Å². The monoisotopic (exact) mass is 347 g/mol. The number of nitrogens with one attached hydrogen (secondary N) is 1. The molecule has 7 nitrogen and oxygen atoms in total. The van der Waals surface area contributed by atoms with E-state index < -0.39 is 4.92 Å². The lowest BCUT2D eigenvalue weighted by Gasteiger charge is -2.05. The molecule has 9 heteroatoms. The van der Waals surface area contributed by atoms with Gasteiger partial charge < -0.3 is 11.1 Å². The molecule has 0 unspecified atom stereocenters. The van der Waals surface area contributed by atoms with Crippen LogP contribution in [0.15, 0.2) is 24.3 Å². The van der Waals surface area contributed by atoms with Gasteiger partial charge in [0.1, 0.15) is 0 Å². The minimum absolute atomic E-state index is 0. The summed E-state index contributed by atoms with van der Waals surface area (Å²) in [4.78, 5) is 32.7. The predicted octanol–water partition coefficient (Wildman–Crippen LogP) is 1.22. The van der Waals surface area contributed by atoms with Crippen molar-refractivity contribution >= 4 is 35.2 Å². The van der Waals surface area contributed by atoms with Crippen molar-refractivity contribution in [1.29, 1.82) is 0 Å². The van der Waals surface area contributed by atoms with Gasteiger partial charge in [-0.2, -0.15) is 0 Å². The van der Waals surface area contributed by atoms with Crippen LogP contribution in [0.5, 0.6) is 0 Å². The van der Waals surface area contributed by atoms with Crippen LogP contribution in [0.2, 0.25) is 0 Å². The molecule has 0 saturated heterocycles. The quantitative estimate of drug-likeness (QED) is 0.539. The van der Waals surface area contributed by atoms with Crippen LogP contribution in [-0.4, -0.2) is 35.6 Å². The second-order valence-corrected chi connectivity index (χ2v) is 5.24. The fraction of sp³-hybridized carbons (Fsp3) is 0.385. The standard InChI is InChI=1S/C13H17N3O4S.ClH/c14-6-7-15-13(18)11-3-1-10(2-4-11)9-21-12(17)5-8-16(19)20;/h1-4H,5-9,14H2,(H,15,18);1H. The Morgan fingerprint density at radius 3 is 2.45 bits per heavy atom. The minimum atomic E-state index is -0.507. The largest absolute Gasteiger partial charge is 0.351 e. The van der Waals surface area contributed by atoms with Gasteiger partial charge in [-0.05, 0) is 17.7 Å². The van der Waals surface area contributed by atoms with Gasteiger partial charge >= 0.3 is 0 Å². The molecule has 0 spiro atoms. The Morgan fingerprint density at radius 2 is 1.91 bits per heavy atom. The fourth-order valence-electron chi connectivity index (χ4n) is 1.46. The van der Waals surface area contributed by atoms with Crippen LogP contribution in [0.1, 0.15) is 22.3 Å². The highest BCUT2D eigenvalue weighted by molar-refractivity contribution is 8.12. The van der Waals surface area contributed by atoms with E-state index in [1.54, 1.807) is 24.3 Å². The van der Waals surface area contributed by atoms with Gasteiger partial charge in [-0.25, -0.2) is 0 Å². The summed E-state index contributed by atoms with van der Waals surface area (Å²) in [6, 6.07) is 6.85. The van der Waals surface area contributed by atoms with E-state index in [4.69, 9.17) is 5.73 Å². The molecule has 1 aromatic carbocycles. The van der Waals surface area contributed by atoms with Gasteiger partial charge in [0.2, 0.25) is 6.54 Å². The number of halogens is 1. The van der Waals surface area contributed by atoms with E-state index in [2.05, 4.69) is 5.32 Å². The summed E-state index contributed by atoms with van der Waals surface area (Å²) in [6.07, 6.45) is -0.0722. The van der Waals surface area contributed by atoms with Gasteiger partial charge in [0.15, 0.2) is 5.12 Å². The normalized spacial score (nSPS) is 9.68. The van der Waals surface area contributed by atoms with Crippen molar-refractivity contribution < 1.29 is 14.5 Å². The Labute approximate surface area is 138 Å². The number of carbonyl (C=O) groups is 2. The number of nitrogens with two attached hydrogens (primary N) is 1. The van der Waals surface area contributed by atoms with Crippen LogP contribution in [0, 0.1) is 10.1 Å². The van der Waals surface area contributed by atoms with Crippen molar-refractivity contribution in [2.45, 2.75) is 12.2 Å². The third-order valence-electron chi connectivity index (χ3n) is 2.54. The van der Waals surface area contributed by atoms with Crippen LogP contribution in [0.4, 0.5) is 0 Å². The highest BCUT2D eigenvalue weighted by Gasteiger charge is 2.08. The Hall–Kier alpha value is -1.64. The maximum atomic E-state index is 11.6. The van der Waals surface area contributed by atoms with Crippen molar-refractivity contribution in [2.75, 3.05) is 19.6 Å². The Kier molecular flexibility index (Phi) is 10.2. The number of thioether (sulfide) groups is 1. The zero-order valence-electron chi connectivity index (χ0n) is 11.8. The van der Waals surface area contributed by atoms with Gasteiger partial charge in [0.05, 0.1) is 6.42 Å². The first-order valence-electron chi connectivity index (χ1n) is 6.37. The molecule has 0 bridgehead atoms. The van der Waals surface area contributed by atoms with E-state index in [0.717, 1.165) is 17.3 Å². The molecule has 0 heterocycles. The Bertz CT molecular complexity index is 511. The highest BCUT2D eigenvalue weighted by Crippen LogP contribution is 2.15. The van der Waals surface area contributed by atoms with Crippen LogP contribution in [0.25, 0.3) is 0 Å². The topological polar surface area (TPSA) is 115 Å². The molecule has 1 amide bonds. The summed E-state index contributed by atoms with van der Waals surface area (Å²) in [6.45, 7) is 0.459.